The monoisotopic (exact) mass is 233 g/mol. The third kappa shape index (κ3) is 2.03. The molecule has 4 nitrogen and oxygen atoms in total. The van der Waals surface area contributed by atoms with E-state index in [2.05, 4.69) is 35.2 Å². The second kappa shape index (κ2) is 4.27. The van der Waals surface area contributed by atoms with Gasteiger partial charge in [-0.15, -0.1) is 0 Å². The van der Waals surface area contributed by atoms with Crippen LogP contribution in [-0.2, 0) is 11.2 Å². The number of fused-ring (bicyclic) bond motifs is 1. The third-order valence-corrected chi connectivity index (χ3v) is 3.73. The van der Waals surface area contributed by atoms with Gasteiger partial charge in [-0.25, -0.2) is 4.98 Å². The molecule has 92 valence electrons. The summed E-state index contributed by atoms with van der Waals surface area (Å²) in [7, 11) is 0. The number of hydrogen-bond acceptors (Lipinski definition) is 3. The molecule has 0 aromatic carbocycles. The van der Waals surface area contributed by atoms with Crippen molar-refractivity contribution in [1.82, 2.24) is 15.3 Å². The molecule has 0 bridgehead atoms. The number of aromatic amines is 1. The highest BCUT2D eigenvalue weighted by atomic mass is 16.5. The number of rotatable bonds is 1. The first-order valence-electron chi connectivity index (χ1n) is 6.32. The second-order valence-corrected chi connectivity index (χ2v) is 5.06. The van der Waals surface area contributed by atoms with Gasteiger partial charge in [0.1, 0.15) is 5.82 Å². The van der Waals surface area contributed by atoms with Gasteiger partial charge in [0.05, 0.1) is 24.9 Å². The minimum Gasteiger partial charge on any atom is -0.378 e. The van der Waals surface area contributed by atoms with Crippen LogP contribution >= 0.6 is 0 Å². The van der Waals surface area contributed by atoms with Crippen LogP contribution in [0.3, 0.4) is 0 Å². The van der Waals surface area contributed by atoms with Gasteiger partial charge in [0.15, 0.2) is 0 Å². The van der Waals surface area contributed by atoms with E-state index in [9.17, 15) is 0 Å². The molecular weight excluding hydrogens is 214 g/mol. The molecule has 3 rings (SSSR count). The van der Waals surface area contributed by atoms with Crippen molar-refractivity contribution in [2.45, 2.75) is 26.3 Å². The van der Waals surface area contributed by atoms with Gasteiger partial charge in [0, 0.05) is 12.2 Å². The summed E-state index contributed by atoms with van der Waals surface area (Å²) in [6.45, 7) is 6.86. The predicted molar refractivity (Wildman–Crippen MR) is 66.7 cm³/mol. The summed E-state index contributed by atoms with van der Waals surface area (Å²) in [5.74, 6) is 1.64. The maximum atomic E-state index is 5.47. The Kier molecular flexibility index (Phi) is 2.76. The fourth-order valence-electron chi connectivity index (χ4n) is 2.45. The second-order valence-electron chi connectivity index (χ2n) is 5.06. The van der Waals surface area contributed by atoms with Crippen molar-refractivity contribution in [2.24, 2.45) is 5.92 Å². The van der Waals surface area contributed by atoms with Crippen molar-refractivity contribution in [2.75, 3.05) is 19.8 Å². The highest BCUT2D eigenvalue weighted by Gasteiger charge is 2.23. The number of ether oxygens (including phenoxy) is 1. The fourth-order valence-corrected chi connectivity index (χ4v) is 2.45. The zero-order valence-corrected chi connectivity index (χ0v) is 10.4. The van der Waals surface area contributed by atoms with E-state index in [-0.39, 0.29) is 6.04 Å². The van der Waals surface area contributed by atoms with E-state index >= 15 is 0 Å². The molecule has 2 unspecified atom stereocenters. The summed E-state index contributed by atoms with van der Waals surface area (Å²) in [6, 6.07) is 0.221. The van der Waals surface area contributed by atoms with Gasteiger partial charge in [-0.2, -0.15) is 0 Å². The lowest BCUT2D eigenvalue weighted by Gasteiger charge is -2.21. The number of hydrogen-bond donors (Lipinski definition) is 2. The summed E-state index contributed by atoms with van der Waals surface area (Å²) in [6.07, 6.45) is 3.27. The van der Waals surface area contributed by atoms with E-state index in [1.165, 1.54) is 11.3 Å². The van der Waals surface area contributed by atoms with Gasteiger partial charge in [0.25, 0.3) is 0 Å². The van der Waals surface area contributed by atoms with Crippen molar-refractivity contribution >= 4 is 6.08 Å². The normalized spacial score (nSPS) is 28.7. The largest absolute Gasteiger partial charge is 0.378 e. The molecule has 0 spiro atoms. The Morgan fingerprint density at radius 3 is 3.12 bits per heavy atom. The highest BCUT2D eigenvalue weighted by Crippen LogP contribution is 2.27. The van der Waals surface area contributed by atoms with Crippen LogP contribution in [0.25, 0.3) is 6.08 Å². The lowest BCUT2D eigenvalue weighted by Crippen LogP contribution is -2.35. The van der Waals surface area contributed by atoms with Crippen LogP contribution < -0.4 is 5.32 Å². The Labute approximate surface area is 101 Å². The quantitative estimate of drug-likeness (QED) is 0.775. The molecule has 0 amide bonds. The molecule has 17 heavy (non-hydrogen) atoms. The lowest BCUT2D eigenvalue weighted by molar-refractivity contribution is 0.0744. The van der Waals surface area contributed by atoms with Gasteiger partial charge in [-0.3, -0.25) is 0 Å². The van der Waals surface area contributed by atoms with Crippen molar-refractivity contribution in [3.63, 3.8) is 0 Å². The Morgan fingerprint density at radius 2 is 2.35 bits per heavy atom. The first kappa shape index (κ1) is 11.0. The van der Waals surface area contributed by atoms with Crippen LogP contribution in [0.4, 0.5) is 0 Å². The first-order chi connectivity index (χ1) is 8.24. The zero-order chi connectivity index (χ0) is 11.8. The van der Waals surface area contributed by atoms with Crippen LogP contribution in [0.1, 0.15) is 37.1 Å². The van der Waals surface area contributed by atoms with E-state index in [1.54, 1.807) is 0 Å². The maximum absolute atomic E-state index is 5.47. The van der Waals surface area contributed by atoms with E-state index in [1.807, 2.05) is 0 Å². The highest BCUT2D eigenvalue weighted by molar-refractivity contribution is 5.55. The molecule has 4 heteroatoms. The van der Waals surface area contributed by atoms with Gasteiger partial charge >= 0.3 is 0 Å². The van der Waals surface area contributed by atoms with Gasteiger partial charge in [-0.05, 0) is 25.3 Å². The maximum Gasteiger partial charge on any atom is 0.126 e. The molecule has 1 aromatic heterocycles. The number of aromatic nitrogens is 2. The Bertz CT molecular complexity index is 444. The molecule has 2 heterocycles. The first-order valence-corrected chi connectivity index (χ1v) is 6.32. The number of morpholine rings is 1. The molecule has 2 aliphatic rings. The molecule has 1 aliphatic heterocycles. The lowest BCUT2D eigenvalue weighted by atomic mass is 9.91. The number of nitrogens with one attached hydrogen (secondary N) is 2. The van der Waals surface area contributed by atoms with Crippen LogP contribution in [0, 0.1) is 5.92 Å². The molecule has 2 atom stereocenters. The molecule has 1 saturated heterocycles. The van der Waals surface area contributed by atoms with Gasteiger partial charge < -0.3 is 15.0 Å². The molecule has 1 aromatic rings. The molecule has 0 radical (unpaired) electrons. The molecule has 2 N–H and O–H groups in total. The fraction of sp³-hybridized carbons (Fsp3) is 0.615. The Balaban J connectivity index is 1.87. The van der Waals surface area contributed by atoms with Crippen molar-refractivity contribution < 1.29 is 4.74 Å². The van der Waals surface area contributed by atoms with Gasteiger partial charge in [-0.1, -0.05) is 12.5 Å². The number of nitrogens with zero attached hydrogens (tertiary/aromatic N) is 1. The van der Waals surface area contributed by atoms with E-state index in [0.717, 1.165) is 31.1 Å². The summed E-state index contributed by atoms with van der Waals surface area (Å²) in [5, 5.41) is 3.43. The Morgan fingerprint density at radius 1 is 1.47 bits per heavy atom. The van der Waals surface area contributed by atoms with Crippen molar-refractivity contribution in [1.29, 1.82) is 0 Å². The molecule has 1 aliphatic carbocycles. The predicted octanol–water partition coefficient (Wildman–Crippen LogP) is 1.67. The third-order valence-electron chi connectivity index (χ3n) is 3.73. The van der Waals surface area contributed by atoms with Gasteiger partial charge in [0.2, 0.25) is 0 Å². The number of imidazole rings is 1. The average molecular weight is 233 g/mol. The molecular formula is C13H19N3O. The Hall–Kier alpha value is -1.13. The standard InChI is InChI=1S/C13H19N3O/c1-8-5-10-11(6-9(8)2)16-13(15-10)12-7-17-4-3-14-12/h5,9,12,14H,3-4,6-7H2,1-2H3,(H,15,16). The van der Waals surface area contributed by atoms with E-state index in [4.69, 9.17) is 4.74 Å². The number of allylic oxidation sites excluding steroid dienone is 1. The van der Waals surface area contributed by atoms with Crippen LogP contribution in [0.5, 0.6) is 0 Å². The number of H-pyrrole nitrogens is 1. The minimum atomic E-state index is 0.221. The average Bonchev–Trinajstić information content (AvgIpc) is 2.74. The van der Waals surface area contributed by atoms with E-state index < -0.39 is 0 Å². The van der Waals surface area contributed by atoms with Crippen molar-refractivity contribution in [3.05, 3.63) is 22.8 Å². The summed E-state index contributed by atoms with van der Waals surface area (Å²) < 4.78 is 5.47. The molecule has 1 fully saturated rings. The zero-order valence-electron chi connectivity index (χ0n) is 10.4. The summed E-state index contributed by atoms with van der Waals surface area (Å²) >= 11 is 0. The molecule has 0 saturated carbocycles. The minimum absolute atomic E-state index is 0.221. The van der Waals surface area contributed by atoms with Crippen LogP contribution in [0.2, 0.25) is 0 Å². The van der Waals surface area contributed by atoms with Crippen molar-refractivity contribution in [3.8, 4) is 0 Å². The van der Waals surface area contributed by atoms with E-state index in [0.29, 0.717) is 12.5 Å². The topological polar surface area (TPSA) is 49.9 Å². The SMILES string of the molecule is CC1=Cc2nc(C3COCCN3)[nH]c2CC1C. The van der Waals surface area contributed by atoms with Crippen LogP contribution in [-0.4, -0.2) is 29.7 Å². The summed E-state index contributed by atoms with van der Waals surface area (Å²) in [5.41, 5.74) is 3.80. The van der Waals surface area contributed by atoms with Crippen LogP contribution in [0.15, 0.2) is 5.57 Å². The summed E-state index contributed by atoms with van der Waals surface area (Å²) in [4.78, 5) is 8.14. The smallest absolute Gasteiger partial charge is 0.126 e.